The molecule has 0 fully saturated rings. The van der Waals surface area contributed by atoms with Crippen molar-refractivity contribution < 1.29 is 4.39 Å². The Balaban J connectivity index is 2.15. The van der Waals surface area contributed by atoms with E-state index in [0.717, 1.165) is 22.3 Å². The fraction of sp³-hybridized carbons (Fsp3) is 0.143. The van der Waals surface area contributed by atoms with Crippen LogP contribution in [0, 0.1) is 5.82 Å². The van der Waals surface area contributed by atoms with E-state index < -0.39 is 5.82 Å². The molecular weight excluding hydrogens is 329 g/mol. The van der Waals surface area contributed by atoms with Crippen molar-refractivity contribution in [1.82, 2.24) is 4.40 Å². The van der Waals surface area contributed by atoms with Crippen LogP contribution in [0.1, 0.15) is 12.5 Å². The zero-order chi connectivity index (χ0) is 18.1. The first kappa shape index (κ1) is 16.3. The lowest BCUT2D eigenvalue weighted by molar-refractivity contribution is 0.618. The summed E-state index contributed by atoms with van der Waals surface area (Å²) in [6, 6.07) is 12.6. The Kier molecular flexibility index (Phi) is 4.13. The molecule has 0 aliphatic carbocycles. The lowest BCUT2D eigenvalue weighted by Crippen LogP contribution is -2.29. The van der Waals surface area contributed by atoms with Gasteiger partial charge in [0.1, 0.15) is 5.82 Å². The van der Waals surface area contributed by atoms with E-state index >= 15 is 0 Å². The standard InChI is InChI=1S/C21H18FN3O/c1-2-17-18-10-9-16(22)13-25(18)21(26)19(15-7-4-3-5-8-15)20(17)24-12-6-11-23-14-24/h3-11,13-14H,2,12H2,1H3. The van der Waals surface area contributed by atoms with E-state index in [2.05, 4.69) is 4.99 Å². The number of hydrogen-bond donors (Lipinski definition) is 0. The molecule has 0 N–H and O–H groups in total. The van der Waals surface area contributed by atoms with Crippen LogP contribution < -0.4 is 10.5 Å². The van der Waals surface area contributed by atoms with Crippen LogP contribution in [-0.2, 0) is 6.42 Å². The van der Waals surface area contributed by atoms with Gasteiger partial charge in [0, 0.05) is 24.5 Å². The second-order valence-electron chi connectivity index (χ2n) is 6.13. The van der Waals surface area contributed by atoms with Crippen LogP contribution in [0.4, 0.5) is 10.1 Å². The highest BCUT2D eigenvalue weighted by molar-refractivity contribution is 5.94. The number of fused-ring (bicyclic) bond motifs is 1. The molecule has 4 nitrogen and oxygen atoms in total. The average Bonchev–Trinajstić information content (AvgIpc) is 2.69. The lowest BCUT2D eigenvalue weighted by atomic mass is 9.98. The van der Waals surface area contributed by atoms with Gasteiger partial charge in [0.05, 0.1) is 23.1 Å². The molecule has 1 aromatic carbocycles. The number of halogens is 1. The quantitative estimate of drug-likeness (QED) is 0.717. The Morgan fingerprint density at radius 2 is 1.96 bits per heavy atom. The van der Waals surface area contributed by atoms with E-state index in [9.17, 15) is 9.18 Å². The minimum atomic E-state index is -0.434. The van der Waals surface area contributed by atoms with Gasteiger partial charge in [-0.1, -0.05) is 37.3 Å². The number of anilines is 1. The number of hydrogen-bond acceptors (Lipinski definition) is 3. The first-order chi connectivity index (χ1) is 12.7. The molecule has 0 atom stereocenters. The molecule has 5 heteroatoms. The molecule has 0 bridgehead atoms. The van der Waals surface area contributed by atoms with Gasteiger partial charge >= 0.3 is 0 Å². The van der Waals surface area contributed by atoms with Gasteiger partial charge in [0.2, 0.25) is 0 Å². The summed E-state index contributed by atoms with van der Waals surface area (Å²) in [5.74, 6) is -0.434. The first-order valence-electron chi connectivity index (χ1n) is 8.58. The molecule has 0 saturated heterocycles. The summed E-state index contributed by atoms with van der Waals surface area (Å²) in [5, 5.41) is 0. The summed E-state index contributed by atoms with van der Waals surface area (Å²) < 4.78 is 15.3. The van der Waals surface area contributed by atoms with E-state index in [1.807, 2.05) is 48.2 Å². The number of aliphatic imine (C=N–C) groups is 1. The highest BCUT2D eigenvalue weighted by atomic mass is 19.1. The van der Waals surface area contributed by atoms with Crippen LogP contribution in [0.15, 0.2) is 70.7 Å². The fourth-order valence-corrected chi connectivity index (χ4v) is 3.45. The van der Waals surface area contributed by atoms with Crippen LogP contribution in [0.25, 0.3) is 16.6 Å². The van der Waals surface area contributed by atoms with Crippen LogP contribution in [0.5, 0.6) is 0 Å². The second-order valence-corrected chi connectivity index (χ2v) is 6.13. The number of rotatable bonds is 3. The summed E-state index contributed by atoms with van der Waals surface area (Å²) in [5.41, 5.74) is 3.68. The monoisotopic (exact) mass is 347 g/mol. The maximum absolute atomic E-state index is 13.8. The molecule has 1 aliphatic heterocycles. The molecule has 0 amide bonds. The van der Waals surface area contributed by atoms with Crippen molar-refractivity contribution in [3.05, 3.63) is 82.7 Å². The van der Waals surface area contributed by atoms with Gasteiger partial charge in [-0.25, -0.2) is 9.38 Å². The number of aryl methyl sites for hydroxylation is 1. The third-order valence-corrected chi connectivity index (χ3v) is 4.58. The molecule has 3 heterocycles. The van der Waals surface area contributed by atoms with E-state index in [0.29, 0.717) is 18.5 Å². The number of benzene rings is 1. The van der Waals surface area contributed by atoms with E-state index in [1.54, 1.807) is 18.6 Å². The summed E-state index contributed by atoms with van der Waals surface area (Å²) in [6.45, 7) is 2.67. The maximum atomic E-state index is 13.8. The zero-order valence-electron chi connectivity index (χ0n) is 14.4. The highest BCUT2D eigenvalue weighted by Gasteiger charge is 2.22. The Morgan fingerprint density at radius 1 is 1.15 bits per heavy atom. The van der Waals surface area contributed by atoms with Crippen molar-refractivity contribution in [2.45, 2.75) is 13.3 Å². The Morgan fingerprint density at radius 3 is 2.65 bits per heavy atom. The van der Waals surface area contributed by atoms with Gasteiger partial charge in [0.15, 0.2) is 0 Å². The molecule has 0 unspecified atom stereocenters. The first-order valence-corrected chi connectivity index (χ1v) is 8.58. The van der Waals surface area contributed by atoms with Crippen molar-refractivity contribution in [2.24, 2.45) is 4.99 Å². The van der Waals surface area contributed by atoms with Gasteiger partial charge in [-0.05, 0) is 30.2 Å². The molecule has 0 saturated carbocycles. The van der Waals surface area contributed by atoms with Gasteiger partial charge < -0.3 is 4.90 Å². The van der Waals surface area contributed by atoms with Gasteiger partial charge in [-0.15, -0.1) is 0 Å². The zero-order valence-corrected chi connectivity index (χ0v) is 14.4. The highest BCUT2D eigenvalue weighted by Crippen LogP contribution is 2.34. The number of nitrogens with zero attached hydrogens (tertiary/aromatic N) is 3. The van der Waals surface area contributed by atoms with Gasteiger partial charge in [0.25, 0.3) is 5.56 Å². The van der Waals surface area contributed by atoms with Crippen LogP contribution >= 0.6 is 0 Å². The van der Waals surface area contributed by atoms with Crippen molar-refractivity contribution in [2.75, 3.05) is 11.4 Å². The van der Waals surface area contributed by atoms with E-state index in [-0.39, 0.29) is 5.56 Å². The minimum Gasteiger partial charge on any atom is -0.327 e. The van der Waals surface area contributed by atoms with E-state index in [1.165, 1.54) is 16.7 Å². The van der Waals surface area contributed by atoms with E-state index in [4.69, 9.17) is 0 Å². The molecule has 130 valence electrons. The smallest absolute Gasteiger partial charge is 0.265 e. The largest absolute Gasteiger partial charge is 0.327 e. The Labute approximate surface area is 150 Å². The number of pyridine rings is 2. The second kappa shape index (κ2) is 6.59. The summed E-state index contributed by atoms with van der Waals surface area (Å²) in [6.07, 6.45) is 7.39. The normalized spacial score (nSPS) is 13.5. The molecule has 4 rings (SSSR count). The van der Waals surface area contributed by atoms with Gasteiger partial charge in [-0.3, -0.25) is 9.20 Å². The number of aromatic nitrogens is 1. The molecule has 1 aliphatic rings. The third-order valence-electron chi connectivity index (χ3n) is 4.58. The summed E-state index contributed by atoms with van der Waals surface area (Å²) >= 11 is 0. The van der Waals surface area contributed by atoms with Crippen LogP contribution in [0.2, 0.25) is 0 Å². The minimum absolute atomic E-state index is 0.235. The third kappa shape index (κ3) is 2.62. The van der Waals surface area contributed by atoms with Crippen molar-refractivity contribution in [3.8, 4) is 11.1 Å². The summed E-state index contributed by atoms with van der Waals surface area (Å²) in [4.78, 5) is 19.5. The van der Waals surface area contributed by atoms with Crippen molar-refractivity contribution in [1.29, 1.82) is 0 Å². The molecule has 3 aromatic rings. The molecule has 2 aromatic heterocycles. The Bertz CT molecular complexity index is 1080. The van der Waals surface area contributed by atoms with Crippen molar-refractivity contribution >= 4 is 17.5 Å². The van der Waals surface area contributed by atoms with Crippen molar-refractivity contribution in [3.63, 3.8) is 0 Å². The fourth-order valence-electron chi connectivity index (χ4n) is 3.45. The predicted octanol–water partition coefficient (Wildman–Crippen LogP) is 4.03. The lowest BCUT2D eigenvalue weighted by Gasteiger charge is -2.26. The molecule has 26 heavy (non-hydrogen) atoms. The van der Waals surface area contributed by atoms with Gasteiger partial charge in [-0.2, -0.15) is 0 Å². The average molecular weight is 347 g/mol. The SMILES string of the molecule is CCc1c(N2C=NC=CC2)c(-c2ccccc2)c(=O)n2cc(F)ccc12. The Hall–Kier alpha value is -3.21. The summed E-state index contributed by atoms with van der Waals surface area (Å²) in [7, 11) is 0. The maximum Gasteiger partial charge on any atom is 0.265 e. The molecular formula is C21H18FN3O. The molecule has 0 radical (unpaired) electrons. The van der Waals surface area contributed by atoms with Crippen LogP contribution in [-0.4, -0.2) is 17.3 Å². The van der Waals surface area contributed by atoms with Crippen LogP contribution in [0.3, 0.4) is 0 Å². The predicted molar refractivity (Wildman–Crippen MR) is 103 cm³/mol. The molecule has 0 spiro atoms. The topological polar surface area (TPSA) is 37.1 Å².